The number of carbonyl (C=O) groups is 2. The summed E-state index contributed by atoms with van der Waals surface area (Å²) in [4.78, 5) is 25.8. The average molecular weight is 326 g/mol. The Labute approximate surface area is 120 Å². The van der Waals surface area contributed by atoms with Crippen LogP contribution in [0.2, 0.25) is 0 Å². The van der Waals surface area contributed by atoms with Gasteiger partial charge < -0.3 is 9.64 Å². The first-order valence-electron chi connectivity index (χ1n) is 6.34. The molecule has 0 saturated heterocycles. The zero-order chi connectivity index (χ0) is 14.0. The normalized spacial score (nSPS) is 18.2. The van der Waals surface area contributed by atoms with Crippen LogP contribution in [0.4, 0.5) is 5.69 Å². The molecule has 0 aromatic heterocycles. The van der Waals surface area contributed by atoms with Crippen LogP contribution in [0.15, 0.2) is 22.7 Å². The van der Waals surface area contributed by atoms with E-state index in [9.17, 15) is 9.59 Å². The molecule has 0 spiro atoms. The molecule has 102 valence electrons. The van der Waals surface area contributed by atoms with Crippen molar-refractivity contribution in [2.24, 2.45) is 0 Å². The summed E-state index contributed by atoms with van der Waals surface area (Å²) in [5, 5.41) is 0. The maximum atomic E-state index is 12.1. The van der Waals surface area contributed by atoms with Crippen LogP contribution in [0.25, 0.3) is 0 Å². The van der Waals surface area contributed by atoms with Crippen LogP contribution in [0.1, 0.15) is 31.7 Å². The van der Waals surface area contributed by atoms with Gasteiger partial charge in [0, 0.05) is 23.1 Å². The summed E-state index contributed by atoms with van der Waals surface area (Å²) in [6, 6.07) is 5.64. The molecule has 1 aliphatic rings. The molecule has 0 saturated carbocycles. The smallest absolute Gasteiger partial charge is 0.314 e. The minimum Gasteiger partial charge on any atom is -0.466 e. The fraction of sp³-hybridized carbons (Fsp3) is 0.429. The highest BCUT2D eigenvalue weighted by Crippen LogP contribution is 2.38. The van der Waals surface area contributed by atoms with Crippen molar-refractivity contribution in [3.05, 3.63) is 28.2 Å². The Morgan fingerprint density at radius 1 is 1.47 bits per heavy atom. The van der Waals surface area contributed by atoms with E-state index in [0.717, 1.165) is 15.7 Å². The fourth-order valence-electron chi connectivity index (χ4n) is 2.38. The number of hydrogen-bond donors (Lipinski definition) is 0. The van der Waals surface area contributed by atoms with E-state index in [4.69, 9.17) is 4.74 Å². The largest absolute Gasteiger partial charge is 0.466 e. The first-order chi connectivity index (χ1) is 9.08. The van der Waals surface area contributed by atoms with Gasteiger partial charge in [-0.15, -0.1) is 0 Å². The van der Waals surface area contributed by atoms with E-state index < -0.39 is 5.92 Å². The van der Waals surface area contributed by atoms with E-state index >= 15 is 0 Å². The van der Waals surface area contributed by atoms with Crippen LogP contribution in [-0.2, 0) is 14.3 Å². The van der Waals surface area contributed by atoms with Gasteiger partial charge in [-0.1, -0.05) is 15.9 Å². The molecule has 1 heterocycles. The molecule has 1 atom stereocenters. The Kier molecular flexibility index (Phi) is 4.24. The van der Waals surface area contributed by atoms with E-state index in [2.05, 4.69) is 15.9 Å². The number of fused-ring (bicyclic) bond motifs is 1. The lowest BCUT2D eigenvalue weighted by molar-refractivity contribution is -0.146. The zero-order valence-electron chi connectivity index (χ0n) is 11.0. The molecule has 1 aliphatic heterocycles. The van der Waals surface area contributed by atoms with E-state index in [1.807, 2.05) is 25.1 Å². The highest BCUT2D eigenvalue weighted by atomic mass is 79.9. The number of amides is 1. The van der Waals surface area contributed by atoms with E-state index in [1.54, 1.807) is 11.8 Å². The number of benzene rings is 1. The summed E-state index contributed by atoms with van der Waals surface area (Å²) < 4.78 is 5.96. The molecule has 1 aromatic rings. The Bertz CT molecular complexity index is 515. The summed E-state index contributed by atoms with van der Waals surface area (Å²) in [6.07, 6.45) is 0.177. The minimum absolute atomic E-state index is 0.0321. The van der Waals surface area contributed by atoms with Crippen LogP contribution < -0.4 is 4.90 Å². The monoisotopic (exact) mass is 325 g/mol. The van der Waals surface area contributed by atoms with E-state index in [-0.39, 0.29) is 18.3 Å². The quantitative estimate of drug-likeness (QED) is 0.803. The van der Waals surface area contributed by atoms with Crippen molar-refractivity contribution in [1.29, 1.82) is 0 Å². The first kappa shape index (κ1) is 14.1. The zero-order valence-corrected chi connectivity index (χ0v) is 12.6. The molecule has 0 fully saturated rings. The van der Waals surface area contributed by atoms with E-state index in [1.165, 1.54) is 0 Å². The van der Waals surface area contributed by atoms with Gasteiger partial charge in [0.1, 0.15) is 0 Å². The Balaban J connectivity index is 2.47. The fourth-order valence-corrected chi connectivity index (χ4v) is 2.76. The second-order valence-corrected chi connectivity index (χ2v) is 5.27. The highest BCUT2D eigenvalue weighted by molar-refractivity contribution is 9.10. The standard InChI is InChI=1S/C14H16BrNO3/c1-3-16-12-6-5-9(15)7-10(12)11(8-13(16)17)14(18)19-4-2/h5-7,11H,3-4,8H2,1-2H3. The van der Waals surface area contributed by atoms with Crippen LogP contribution >= 0.6 is 15.9 Å². The lowest BCUT2D eigenvalue weighted by Crippen LogP contribution is -2.38. The molecule has 0 N–H and O–H groups in total. The van der Waals surface area contributed by atoms with Gasteiger partial charge in [-0.05, 0) is 37.6 Å². The number of carbonyl (C=O) groups excluding carboxylic acids is 2. The summed E-state index contributed by atoms with van der Waals surface area (Å²) >= 11 is 3.41. The topological polar surface area (TPSA) is 46.6 Å². The molecule has 19 heavy (non-hydrogen) atoms. The molecular weight excluding hydrogens is 310 g/mol. The number of halogens is 1. The summed E-state index contributed by atoms with van der Waals surface area (Å²) in [6.45, 7) is 4.62. The van der Waals surface area contributed by atoms with Crippen LogP contribution in [-0.4, -0.2) is 25.0 Å². The lowest BCUT2D eigenvalue weighted by Gasteiger charge is -2.32. The van der Waals surface area contributed by atoms with Gasteiger partial charge in [0.2, 0.25) is 5.91 Å². The third kappa shape index (κ3) is 2.66. The maximum absolute atomic E-state index is 12.1. The van der Waals surface area contributed by atoms with Gasteiger partial charge in [-0.2, -0.15) is 0 Å². The van der Waals surface area contributed by atoms with Gasteiger partial charge in [-0.3, -0.25) is 9.59 Å². The Morgan fingerprint density at radius 3 is 2.84 bits per heavy atom. The molecule has 0 aliphatic carbocycles. The Morgan fingerprint density at radius 2 is 2.21 bits per heavy atom. The molecule has 4 nitrogen and oxygen atoms in total. The van der Waals surface area contributed by atoms with Crippen LogP contribution in [0, 0.1) is 0 Å². The summed E-state index contributed by atoms with van der Waals surface area (Å²) in [5.74, 6) is -0.857. The number of rotatable bonds is 3. The molecule has 5 heteroatoms. The molecule has 0 radical (unpaired) electrons. The average Bonchev–Trinajstić information content (AvgIpc) is 2.38. The molecule has 1 aromatic carbocycles. The second kappa shape index (κ2) is 5.74. The van der Waals surface area contributed by atoms with E-state index in [0.29, 0.717) is 13.2 Å². The maximum Gasteiger partial charge on any atom is 0.314 e. The van der Waals surface area contributed by atoms with Crippen molar-refractivity contribution < 1.29 is 14.3 Å². The summed E-state index contributed by atoms with van der Waals surface area (Å²) in [5.41, 5.74) is 1.66. The van der Waals surface area contributed by atoms with Crippen molar-refractivity contribution in [3.8, 4) is 0 Å². The van der Waals surface area contributed by atoms with Crippen molar-refractivity contribution in [2.75, 3.05) is 18.1 Å². The van der Waals surface area contributed by atoms with Crippen LogP contribution in [0.3, 0.4) is 0 Å². The van der Waals surface area contributed by atoms with Crippen molar-refractivity contribution in [1.82, 2.24) is 0 Å². The first-order valence-corrected chi connectivity index (χ1v) is 7.14. The van der Waals surface area contributed by atoms with Crippen molar-refractivity contribution in [2.45, 2.75) is 26.2 Å². The SMILES string of the molecule is CCOC(=O)C1CC(=O)N(CC)c2ccc(Br)cc21. The van der Waals surface area contributed by atoms with Gasteiger partial charge in [0.15, 0.2) is 0 Å². The third-order valence-corrected chi connectivity index (χ3v) is 3.72. The molecule has 2 rings (SSSR count). The van der Waals surface area contributed by atoms with Gasteiger partial charge in [-0.25, -0.2) is 0 Å². The highest BCUT2D eigenvalue weighted by Gasteiger charge is 2.35. The molecule has 1 unspecified atom stereocenters. The van der Waals surface area contributed by atoms with Crippen molar-refractivity contribution in [3.63, 3.8) is 0 Å². The predicted molar refractivity (Wildman–Crippen MR) is 76.2 cm³/mol. The molecular formula is C14H16BrNO3. The van der Waals surface area contributed by atoms with Crippen LogP contribution in [0.5, 0.6) is 0 Å². The third-order valence-electron chi connectivity index (χ3n) is 3.22. The second-order valence-electron chi connectivity index (χ2n) is 4.35. The lowest BCUT2D eigenvalue weighted by atomic mass is 9.89. The number of anilines is 1. The number of nitrogens with zero attached hydrogens (tertiary/aromatic N) is 1. The van der Waals surface area contributed by atoms with Gasteiger partial charge in [0.05, 0.1) is 12.5 Å². The number of ether oxygens (including phenoxy) is 1. The Hall–Kier alpha value is -1.36. The van der Waals surface area contributed by atoms with Gasteiger partial charge in [0.25, 0.3) is 0 Å². The van der Waals surface area contributed by atoms with Gasteiger partial charge >= 0.3 is 5.97 Å². The minimum atomic E-state index is -0.497. The number of hydrogen-bond acceptors (Lipinski definition) is 3. The summed E-state index contributed by atoms with van der Waals surface area (Å²) in [7, 11) is 0. The predicted octanol–water partition coefficient (Wildman–Crippen LogP) is 2.85. The molecule has 0 bridgehead atoms. The number of esters is 1. The van der Waals surface area contributed by atoms with Crippen molar-refractivity contribution >= 4 is 33.5 Å². The molecule has 1 amide bonds.